The van der Waals surface area contributed by atoms with Gasteiger partial charge in [-0.05, 0) is 49.3 Å². The van der Waals surface area contributed by atoms with Crippen LogP contribution in [0, 0.1) is 12.3 Å². The summed E-state index contributed by atoms with van der Waals surface area (Å²) < 4.78 is 5.30. The molecule has 2 aromatic rings. The molecule has 2 rings (SSSR count). The summed E-state index contributed by atoms with van der Waals surface area (Å²) in [6.07, 6.45) is 5.60. The Morgan fingerprint density at radius 3 is 2.68 bits per heavy atom. The van der Waals surface area contributed by atoms with Crippen molar-refractivity contribution < 1.29 is 14.3 Å². The van der Waals surface area contributed by atoms with E-state index >= 15 is 0 Å². The number of carbonyl (C=O) groups is 1. The van der Waals surface area contributed by atoms with Gasteiger partial charge >= 0.3 is 6.03 Å². The van der Waals surface area contributed by atoms with Gasteiger partial charge in [0.2, 0.25) is 5.89 Å². The minimum atomic E-state index is -0.253. The molecule has 0 saturated carbocycles. The molecule has 25 heavy (non-hydrogen) atoms. The highest BCUT2D eigenvalue weighted by Crippen LogP contribution is 2.29. The number of nitrogens with zero attached hydrogens (tertiary/aromatic N) is 1. The molecule has 1 heterocycles. The number of benzene rings is 1. The zero-order valence-corrected chi connectivity index (χ0v) is 15.1. The topological polar surface area (TPSA) is 87.4 Å². The van der Waals surface area contributed by atoms with Crippen LogP contribution in [0.3, 0.4) is 0 Å². The van der Waals surface area contributed by atoms with Crippen molar-refractivity contribution in [2.75, 3.05) is 18.5 Å². The first kappa shape index (κ1) is 19.0. The van der Waals surface area contributed by atoms with Crippen molar-refractivity contribution in [3.05, 3.63) is 36.2 Å². The third-order valence-electron chi connectivity index (χ3n) is 4.93. The summed E-state index contributed by atoms with van der Waals surface area (Å²) in [5, 5.41) is 15.1. The van der Waals surface area contributed by atoms with Gasteiger partial charge in [0, 0.05) is 24.4 Å². The number of oxazole rings is 1. The number of hydrogen-bond acceptors (Lipinski definition) is 4. The van der Waals surface area contributed by atoms with Crippen LogP contribution in [-0.2, 0) is 0 Å². The molecular formula is C19H27N3O3. The van der Waals surface area contributed by atoms with E-state index in [1.165, 1.54) is 6.26 Å². The molecule has 0 aliphatic heterocycles. The number of rotatable bonds is 8. The Morgan fingerprint density at radius 2 is 2.08 bits per heavy atom. The zero-order valence-electron chi connectivity index (χ0n) is 15.1. The predicted octanol–water partition coefficient (Wildman–Crippen LogP) is 3.96. The summed E-state index contributed by atoms with van der Waals surface area (Å²) in [5.41, 5.74) is 2.41. The SMILES string of the molecule is CCC(CC)(CCO)CNC(=O)Nc1cc(-c2ncco2)ccc1C. The largest absolute Gasteiger partial charge is 0.445 e. The zero-order chi connectivity index (χ0) is 18.3. The van der Waals surface area contributed by atoms with Crippen LogP contribution in [0.4, 0.5) is 10.5 Å². The molecule has 1 aromatic carbocycles. The summed E-state index contributed by atoms with van der Waals surface area (Å²) in [5.74, 6) is 0.516. The average molecular weight is 345 g/mol. The van der Waals surface area contributed by atoms with E-state index in [9.17, 15) is 9.90 Å². The maximum absolute atomic E-state index is 12.3. The maximum atomic E-state index is 12.3. The second-order valence-electron chi connectivity index (χ2n) is 6.36. The predicted molar refractivity (Wildman–Crippen MR) is 98.4 cm³/mol. The van der Waals surface area contributed by atoms with Crippen LogP contribution >= 0.6 is 0 Å². The first-order valence-electron chi connectivity index (χ1n) is 8.70. The highest BCUT2D eigenvalue weighted by atomic mass is 16.3. The molecular weight excluding hydrogens is 318 g/mol. The fraction of sp³-hybridized carbons (Fsp3) is 0.474. The van der Waals surface area contributed by atoms with Crippen molar-refractivity contribution in [1.29, 1.82) is 0 Å². The normalized spacial score (nSPS) is 11.4. The van der Waals surface area contributed by atoms with Crippen LogP contribution in [0.2, 0.25) is 0 Å². The van der Waals surface area contributed by atoms with E-state index in [1.54, 1.807) is 6.20 Å². The minimum Gasteiger partial charge on any atom is -0.445 e. The number of aromatic nitrogens is 1. The first-order chi connectivity index (χ1) is 12.0. The van der Waals surface area contributed by atoms with Gasteiger partial charge < -0.3 is 20.2 Å². The Balaban J connectivity index is 2.04. The summed E-state index contributed by atoms with van der Waals surface area (Å²) in [6, 6.07) is 5.42. The van der Waals surface area contributed by atoms with E-state index in [1.807, 2.05) is 25.1 Å². The quantitative estimate of drug-likeness (QED) is 0.676. The molecule has 2 amide bonds. The van der Waals surface area contributed by atoms with Gasteiger partial charge in [-0.25, -0.2) is 9.78 Å². The second kappa shape index (κ2) is 8.67. The monoisotopic (exact) mass is 345 g/mol. The molecule has 3 N–H and O–H groups in total. The molecule has 136 valence electrons. The molecule has 0 saturated heterocycles. The van der Waals surface area contributed by atoms with Crippen molar-refractivity contribution >= 4 is 11.7 Å². The van der Waals surface area contributed by atoms with Gasteiger partial charge in [0.05, 0.1) is 6.20 Å². The fourth-order valence-corrected chi connectivity index (χ4v) is 2.87. The Kier molecular flexibility index (Phi) is 6.58. The highest BCUT2D eigenvalue weighted by Gasteiger charge is 2.26. The van der Waals surface area contributed by atoms with Crippen LogP contribution in [0.15, 0.2) is 35.1 Å². The molecule has 0 atom stereocenters. The van der Waals surface area contributed by atoms with Gasteiger partial charge in [0.1, 0.15) is 6.26 Å². The number of aliphatic hydroxyl groups is 1. The summed E-state index contributed by atoms with van der Waals surface area (Å²) in [6.45, 7) is 6.77. The van der Waals surface area contributed by atoms with Crippen LogP contribution < -0.4 is 10.6 Å². The van der Waals surface area contributed by atoms with Gasteiger partial charge in [-0.3, -0.25) is 0 Å². The number of aliphatic hydroxyl groups excluding tert-OH is 1. The highest BCUT2D eigenvalue weighted by molar-refractivity contribution is 5.90. The van der Waals surface area contributed by atoms with E-state index < -0.39 is 0 Å². The van der Waals surface area contributed by atoms with Gasteiger partial charge in [-0.15, -0.1) is 0 Å². The lowest BCUT2D eigenvalue weighted by atomic mass is 9.79. The van der Waals surface area contributed by atoms with E-state index in [2.05, 4.69) is 29.5 Å². The number of carbonyl (C=O) groups excluding carboxylic acids is 1. The van der Waals surface area contributed by atoms with Crippen molar-refractivity contribution in [3.63, 3.8) is 0 Å². The molecule has 0 aliphatic rings. The molecule has 0 aliphatic carbocycles. The lowest BCUT2D eigenvalue weighted by molar-refractivity contribution is 0.165. The fourth-order valence-electron chi connectivity index (χ4n) is 2.87. The summed E-state index contributed by atoms with van der Waals surface area (Å²) in [4.78, 5) is 16.5. The van der Waals surface area contributed by atoms with Crippen LogP contribution in [-0.4, -0.2) is 29.3 Å². The molecule has 0 fully saturated rings. The first-order valence-corrected chi connectivity index (χ1v) is 8.70. The van der Waals surface area contributed by atoms with Crippen LogP contribution in [0.25, 0.3) is 11.5 Å². The number of amides is 2. The van der Waals surface area contributed by atoms with Crippen molar-refractivity contribution in [2.45, 2.75) is 40.0 Å². The molecule has 6 nitrogen and oxygen atoms in total. The number of aryl methyl sites for hydroxylation is 1. The molecule has 0 radical (unpaired) electrons. The number of urea groups is 1. The summed E-state index contributed by atoms with van der Waals surface area (Å²) in [7, 11) is 0. The molecule has 6 heteroatoms. The lowest BCUT2D eigenvalue weighted by Gasteiger charge is -2.31. The third-order valence-corrected chi connectivity index (χ3v) is 4.93. The van der Waals surface area contributed by atoms with E-state index in [-0.39, 0.29) is 18.1 Å². The third kappa shape index (κ3) is 4.82. The Bertz CT molecular complexity index is 679. The van der Waals surface area contributed by atoms with Gasteiger partial charge in [-0.2, -0.15) is 0 Å². The lowest BCUT2D eigenvalue weighted by Crippen LogP contribution is -2.39. The Labute approximate surface area is 148 Å². The second-order valence-corrected chi connectivity index (χ2v) is 6.36. The van der Waals surface area contributed by atoms with Gasteiger partial charge in [0.25, 0.3) is 0 Å². The van der Waals surface area contributed by atoms with Crippen LogP contribution in [0.5, 0.6) is 0 Å². The van der Waals surface area contributed by atoms with Gasteiger partial charge in [-0.1, -0.05) is 19.9 Å². The number of nitrogens with one attached hydrogen (secondary N) is 2. The van der Waals surface area contributed by atoms with E-state index in [0.29, 0.717) is 24.5 Å². The molecule has 1 aromatic heterocycles. The molecule has 0 bridgehead atoms. The number of anilines is 1. The van der Waals surface area contributed by atoms with E-state index in [0.717, 1.165) is 24.0 Å². The maximum Gasteiger partial charge on any atom is 0.319 e. The van der Waals surface area contributed by atoms with Gasteiger partial charge in [0.15, 0.2) is 0 Å². The van der Waals surface area contributed by atoms with Crippen molar-refractivity contribution in [3.8, 4) is 11.5 Å². The number of hydrogen-bond donors (Lipinski definition) is 3. The Hall–Kier alpha value is -2.34. The summed E-state index contributed by atoms with van der Waals surface area (Å²) >= 11 is 0. The minimum absolute atomic E-state index is 0.0684. The van der Waals surface area contributed by atoms with E-state index in [4.69, 9.17) is 4.42 Å². The van der Waals surface area contributed by atoms with Crippen molar-refractivity contribution in [2.24, 2.45) is 5.41 Å². The average Bonchev–Trinajstić information content (AvgIpc) is 3.15. The standard InChI is InChI=1S/C19H27N3O3/c1-4-19(5-2,8-10-23)13-21-18(24)22-16-12-15(7-6-14(16)3)17-20-9-11-25-17/h6-7,9,11-12,23H,4-5,8,10,13H2,1-3H3,(H2,21,22,24). The Morgan fingerprint density at radius 1 is 1.32 bits per heavy atom. The van der Waals surface area contributed by atoms with Crippen molar-refractivity contribution in [1.82, 2.24) is 10.3 Å². The molecule has 0 spiro atoms. The van der Waals surface area contributed by atoms with Crippen LogP contribution in [0.1, 0.15) is 38.7 Å². The smallest absolute Gasteiger partial charge is 0.319 e. The molecule has 0 unspecified atom stereocenters.